The van der Waals surface area contributed by atoms with Gasteiger partial charge in [-0.2, -0.15) is 0 Å². The molecule has 0 spiro atoms. The first-order valence-corrected chi connectivity index (χ1v) is 7.46. The standard InChI is InChI=1S/C13H18FNOS/c1-2-8-15-12-7-4-9-17(16)13-10(12)5-3-6-11(13)14/h3,5-6,12,15H,2,4,7-9H2,1H3. The van der Waals surface area contributed by atoms with Gasteiger partial charge in [-0.1, -0.05) is 19.1 Å². The molecule has 2 atom stereocenters. The van der Waals surface area contributed by atoms with E-state index in [0.717, 1.165) is 31.4 Å². The third kappa shape index (κ3) is 2.75. The molecule has 2 unspecified atom stereocenters. The lowest BCUT2D eigenvalue weighted by Gasteiger charge is -2.18. The van der Waals surface area contributed by atoms with Gasteiger partial charge in [-0.05, 0) is 37.4 Å². The largest absolute Gasteiger partial charge is 0.310 e. The Morgan fingerprint density at radius 3 is 3.12 bits per heavy atom. The Labute approximate surface area is 104 Å². The maximum Gasteiger partial charge on any atom is 0.139 e. The van der Waals surface area contributed by atoms with E-state index in [1.165, 1.54) is 6.07 Å². The minimum atomic E-state index is -1.19. The molecule has 2 nitrogen and oxygen atoms in total. The first kappa shape index (κ1) is 12.7. The van der Waals surface area contributed by atoms with E-state index in [0.29, 0.717) is 10.6 Å². The number of benzene rings is 1. The van der Waals surface area contributed by atoms with Crippen molar-refractivity contribution in [3.8, 4) is 0 Å². The fourth-order valence-corrected chi connectivity index (χ4v) is 3.64. The summed E-state index contributed by atoms with van der Waals surface area (Å²) in [5.41, 5.74) is 0.884. The minimum absolute atomic E-state index is 0.145. The summed E-state index contributed by atoms with van der Waals surface area (Å²) in [7, 11) is -1.19. The zero-order valence-electron chi connectivity index (χ0n) is 10.0. The Morgan fingerprint density at radius 1 is 1.53 bits per heavy atom. The quantitative estimate of drug-likeness (QED) is 0.900. The summed E-state index contributed by atoms with van der Waals surface area (Å²) in [4.78, 5) is 0.415. The Bertz CT molecular complexity index is 422. The predicted octanol–water partition coefficient (Wildman–Crippen LogP) is 2.77. The summed E-state index contributed by atoms with van der Waals surface area (Å²) in [6.07, 6.45) is 2.86. The van der Waals surface area contributed by atoms with E-state index in [2.05, 4.69) is 12.2 Å². The molecular formula is C13H18FNOS. The molecule has 1 aromatic carbocycles. The van der Waals surface area contributed by atoms with E-state index in [1.807, 2.05) is 6.07 Å². The Hall–Kier alpha value is -0.740. The van der Waals surface area contributed by atoms with Gasteiger partial charge in [-0.3, -0.25) is 4.21 Å². The van der Waals surface area contributed by atoms with Gasteiger partial charge in [-0.25, -0.2) is 4.39 Å². The lowest BCUT2D eigenvalue weighted by molar-refractivity contribution is 0.486. The maximum atomic E-state index is 13.8. The summed E-state index contributed by atoms with van der Waals surface area (Å²) >= 11 is 0. The molecule has 1 aromatic rings. The average Bonchev–Trinajstić information content (AvgIpc) is 2.47. The van der Waals surface area contributed by atoms with Crippen molar-refractivity contribution in [2.24, 2.45) is 0 Å². The summed E-state index contributed by atoms with van der Waals surface area (Å²) < 4.78 is 25.8. The number of nitrogens with one attached hydrogen (secondary N) is 1. The second-order valence-electron chi connectivity index (χ2n) is 4.36. The predicted molar refractivity (Wildman–Crippen MR) is 67.9 cm³/mol. The van der Waals surface area contributed by atoms with Crippen LogP contribution in [0.4, 0.5) is 4.39 Å². The molecule has 1 heterocycles. The van der Waals surface area contributed by atoms with E-state index in [4.69, 9.17) is 0 Å². The molecule has 0 aliphatic carbocycles. The average molecular weight is 255 g/mol. The highest BCUT2D eigenvalue weighted by Gasteiger charge is 2.24. The summed E-state index contributed by atoms with van der Waals surface area (Å²) in [5, 5.41) is 3.41. The molecule has 0 bridgehead atoms. The van der Waals surface area contributed by atoms with E-state index < -0.39 is 10.8 Å². The SMILES string of the molecule is CCCNC1CCCS(=O)c2c(F)cccc21. The molecule has 17 heavy (non-hydrogen) atoms. The maximum absolute atomic E-state index is 13.8. The Morgan fingerprint density at radius 2 is 2.35 bits per heavy atom. The van der Waals surface area contributed by atoms with Crippen LogP contribution in [0, 0.1) is 5.82 Å². The van der Waals surface area contributed by atoms with Crippen molar-refractivity contribution in [3.63, 3.8) is 0 Å². The van der Waals surface area contributed by atoms with Crippen LogP contribution in [0.2, 0.25) is 0 Å². The fraction of sp³-hybridized carbons (Fsp3) is 0.538. The van der Waals surface area contributed by atoms with Crippen LogP contribution in [-0.2, 0) is 10.8 Å². The molecule has 2 rings (SSSR count). The van der Waals surface area contributed by atoms with E-state index in [1.54, 1.807) is 6.07 Å². The molecule has 4 heteroatoms. The van der Waals surface area contributed by atoms with Gasteiger partial charge in [0.2, 0.25) is 0 Å². The summed E-state index contributed by atoms with van der Waals surface area (Å²) in [6, 6.07) is 5.15. The molecule has 0 saturated carbocycles. The van der Waals surface area contributed by atoms with Gasteiger partial charge in [-0.15, -0.1) is 0 Å². The molecule has 0 fully saturated rings. The van der Waals surface area contributed by atoms with Crippen LogP contribution in [0.25, 0.3) is 0 Å². The smallest absolute Gasteiger partial charge is 0.139 e. The normalized spacial score (nSPS) is 24.1. The highest BCUT2D eigenvalue weighted by Crippen LogP contribution is 2.30. The van der Waals surface area contributed by atoms with Gasteiger partial charge in [0.25, 0.3) is 0 Å². The second-order valence-corrected chi connectivity index (χ2v) is 5.86. The van der Waals surface area contributed by atoms with Crippen molar-refractivity contribution in [1.82, 2.24) is 5.32 Å². The van der Waals surface area contributed by atoms with Gasteiger partial charge in [0, 0.05) is 11.8 Å². The van der Waals surface area contributed by atoms with Crippen molar-refractivity contribution in [2.45, 2.75) is 37.1 Å². The van der Waals surface area contributed by atoms with E-state index in [-0.39, 0.29) is 11.9 Å². The zero-order valence-corrected chi connectivity index (χ0v) is 10.9. The lowest BCUT2D eigenvalue weighted by atomic mass is 10.0. The van der Waals surface area contributed by atoms with Crippen molar-refractivity contribution in [3.05, 3.63) is 29.6 Å². The summed E-state index contributed by atoms with van der Waals surface area (Å²) in [6.45, 7) is 3.02. The number of rotatable bonds is 3. The van der Waals surface area contributed by atoms with Crippen molar-refractivity contribution in [2.75, 3.05) is 12.3 Å². The molecule has 0 aromatic heterocycles. The number of hydrogen-bond acceptors (Lipinski definition) is 2. The molecule has 1 aliphatic heterocycles. The first-order chi connectivity index (χ1) is 8.24. The Kier molecular flexibility index (Phi) is 4.29. The van der Waals surface area contributed by atoms with E-state index in [9.17, 15) is 8.60 Å². The van der Waals surface area contributed by atoms with E-state index >= 15 is 0 Å². The van der Waals surface area contributed by atoms with Crippen LogP contribution in [0.3, 0.4) is 0 Å². The highest BCUT2D eigenvalue weighted by atomic mass is 32.2. The molecule has 0 amide bonds. The zero-order chi connectivity index (χ0) is 12.3. The van der Waals surface area contributed by atoms with Gasteiger partial charge in [0.1, 0.15) is 5.82 Å². The fourth-order valence-electron chi connectivity index (χ4n) is 2.25. The lowest BCUT2D eigenvalue weighted by Crippen LogP contribution is -2.22. The van der Waals surface area contributed by atoms with Crippen LogP contribution in [0.15, 0.2) is 23.1 Å². The van der Waals surface area contributed by atoms with Crippen LogP contribution in [0.5, 0.6) is 0 Å². The molecule has 1 aliphatic rings. The molecule has 94 valence electrons. The van der Waals surface area contributed by atoms with Crippen molar-refractivity contribution in [1.29, 1.82) is 0 Å². The molecular weight excluding hydrogens is 237 g/mol. The van der Waals surface area contributed by atoms with Crippen LogP contribution in [-0.4, -0.2) is 16.5 Å². The van der Waals surface area contributed by atoms with Crippen LogP contribution in [0.1, 0.15) is 37.8 Å². The third-order valence-corrected chi connectivity index (χ3v) is 4.61. The van der Waals surface area contributed by atoms with Gasteiger partial charge >= 0.3 is 0 Å². The van der Waals surface area contributed by atoms with Crippen molar-refractivity contribution < 1.29 is 8.60 Å². The monoisotopic (exact) mass is 255 g/mol. The Balaban J connectivity index is 2.37. The topological polar surface area (TPSA) is 29.1 Å². The van der Waals surface area contributed by atoms with Gasteiger partial charge in [0.05, 0.1) is 15.7 Å². The van der Waals surface area contributed by atoms with Gasteiger partial charge < -0.3 is 5.32 Å². The third-order valence-electron chi connectivity index (χ3n) is 3.06. The van der Waals surface area contributed by atoms with Crippen LogP contribution >= 0.6 is 0 Å². The van der Waals surface area contributed by atoms with Crippen LogP contribution < -0.4 is 5.32 Å². The van der Waals surface area contributed by atoms with Gasteiger partial charge in [0.15, 0.2) is 0 Å². The molecule has 0 radical (unpaired) electrons. The minimum Gasteiger partial charge on any atom is -0.310 e. The number of hydrogen-bond donors (Lipinski definition) is 1. The second kappa shape index (κ2) is 5.74. The van der Waals surface area contributed by atoms with Crippen molar-refractivity contribution >= 4 is 10.8 Å². The molecule has 0 saturated heterocycles. The first-order valence-electron chi connectivity index (χ1n) is 6.14. The highest BCUT2D eigenvalue weighted by molar-refractivity contribution is 7.85. The molecule has 1 N–H and O–H groups in total. The number of fused-ring (bicyclic) bond motifs is 1. The summed E-state index contributed by atoms with van der Waals surface area (Å²) in [5.74, 6) is 0.240. The number of halogens is 1.